The normalized spacial score (nSPS) is 20.4. The standard InChI is InChI=1S/C59H92O9/c1-3-5-7-9-11-13-15-17-19-21-23-25-27-28-30-32-34-36-38-40-42-44-46-48-55(61)67-53(52-66-59-58(64)57(63)56(62)54(50-60)68-59)51-65-49-47-45-43-41-39-37-35-33-31-29-26-24-22-20-18-16-14-12-10-8-6-4-2/h5-8,11-14,17-20,23-26,28,30-31,33-34,36,40,42,53-54,56-60,62-64H,3-4,9-10,15-16,21-22,27,29,32,35,37-39,41,43-52H2,1-2H3/b7-5-,8-6-,13-11-,14-12-,19-17-,20-18-,25-23-,26-24-,30-28-,33-31-,36-34-,42-40-. The highest BCUT2D eigenvalue weighted by molar-refractivity contribution is 5.69. The first-order valence-electron chi connectivity index (χ1n) is 25.9. The summed E-state index contributed by atoms with van der Waals surface area (Å²) in [5, 5.41) is 40.3. The molecule has 0 spiro atoms. The van der Waals surface area contributed by atoms with E-state index in [0.717, 1.165) is 109 Å². The second-order valence-electron chi connectivity index (χ2n) is 16.8. The molecule has 4 N–H and O–H groups in total. The molecular formula is C59H92O9. The zero-order chi connectivity index (χ0) is 49.2. The lowest BCUT2D eigenvalue weighted by Gasteiger charge is -2.39. The SMILES string of the molecule is CC/C=C\C/C=C\C/C=C\C/C=C\C/C=C\C/C=C\C/C=C\CCCC(=O)OC(COCCCCCCCC/C=C\C/C=C\C/C=C\C/C=C\C/C=C\CC)COC1OC(CO)C(O)C(O)C1O. The number of carbonyl (C=O) groups is 1. The first kappa shape index (κ1) is 62.1. The van der Waals surface area contributed by atoms with Crippen molar-refractivity contribution in [1.29, 1.82) is 0 Å². The number of rotatable bonds is 42. The topological polar surface area (TPSA) is 135 Å². The highest BCUT2D eigenvalue weighted by atomic mass is 16.7. The molecule has 6 unspecified atom stereocenters. The maximum atomic E-state index is 12.8. The Hall–Kier alpha value is -3.93. The van der Waals surface area contributed by atoms with Gasteiger partial charge in [-0.1, -0.05) is 185 Å². The predicted molar refractivity (Wildman–Crippen MR) is 283 cm³/mol. The molecule has 6 atom stereocenters. The number of aliphatic hydroxyl groups is 4. The second kappa shape index (κ2) is 48.1. The molecular weight excluding hydrogens is 853 g/mol. The number of aliphatic hydroxyl groups excluding tert-OH is 4. The van der Waals surface area contributed by atoms with Gasteiger partial charge in [-0.15, -0.1) is 0 Å². The van der Waals surface area contributed by atoms with Crippen molar-refractivity contribution in [1.82, 2.24) is 0 Å². The van der Waals surface area contributed by atoms with Crippen LogP contribution in [0.3, 0.4) is 0 Å². The van der Waals surface area contributed by atoms with Gasteiger partial charge in [0.25, 0.3) is 0 Å². The van der Waals surface area contributed by atoms with E-state index in [2.05, 4.69) is 160 Å². The third kappa shape index (κ3) is 38.0. The number of hydrogen-bond acceptors (Lipinski definition) is 9. The van der Waals surface area contributed by atoms with Crippen LogP contribution in [0.1, 0.15) is 155 Å². The predicted octanol–water partition coefficient (Wildman–Crippen LogP) is 13.0. The molecule has 1 aliphatic rings. The Morgan fingerprint density at radius 1 is 0.471 bits per heavy atom. The molecule has 0 amide bonds. The minimum absolute atomic E-state index is 0.0995. The maximum Gasteiger partial charge on any atom is 0.306 e. The lowest BCUT2D eigenvalue weighted by atomic mass is 9.99. The van der Waals surface area contributed by atoms with Crippen molar-refractivity contribution >= 4 is 5.97 Å². The molecule has 0 aromatic heterocycles. The van der Waals surface area contributed by atoms with Gasteiger partial charge in [0.2, 0.25) is 0 Å². The average Bonchev–Trinajstić information content (AvgIpc) is 3.34. The van der Waals surface area contributed by atoms with E-state index in [0.29, 0.717) is 13.0 Å². The van der Waals surface area contributed by atoms with E-state index in [1.807, 2.05) is 0 Å². The Morgan fingerprint density at radius 3 is 1.28 bits per heavy atom. The van der Waals surface area contributed by atoms with Crippen LogP contribution >= 0.6 is 0 Å². The molecule has 1 saturated heterocycles. The zero-order valence-electron chi connectivity index (χ0n) is 42.0. The maximum absolute atomic E-state index is 12.8. The highest BCUT2D eigenvalue weighted by Crippen LogP contribution is 2.22. The second-order valence-corrected chi connectivity index (χ2v) is 16.8. The lowest BCUT2D eigenvalue weighted by Crippen LogP contribution is -2.59. The van der Waals surface area contributed by atoms with Crippen molar-refractivity contribution in [2.75, 3.05) is 26.4 Å². The summed E-state index contributed by atoms with van der Waals surface area (Å²) < 4.78 is 22.8. The van der Waals surface area contributed by atoms with Crippen LogP contribution in [0.25, 0.3) is 0 Å². The van der Waals surface area contributed by atoms with Crippen molar-refractivity contribution in [2.24, 2.45) is 0 Å². The van der Waals surface area contributed by atoms with Crippen LogP contribution in [0.4, 0.5) is 0 Å². The van der Waals surface area contributed by atoms with E-state index in [9.17, 15) is 25.2 Å². The van der Waals surface area contributed by atoms with Crippen LogP contribution in [0, 0.1) is 0 Å². The van der Waals surface area contributed by atoms with Gasteiger partial charge in [0.15, 0.2) is 6.29 Å². The molecule has 68 heavy (non-hydrogen) atoms. The first-order valence-corrected chi connectivity index (χ1v) is 25.9. The van der Waals surface area contributed by atoms with E-state index in [4.69, 9.17) is 18.9 Å². The van der Waals surface area contributed by atoms with Crippen molar-refractivity contribution < 1.29 is 44.2 Å². The average molecular weight is 945 g/mol. The Labute approximate surface area is 412 Å². The van der Waals surface area contributed by atoms with Crippen molar-refractivity contribution in [3.05, 3.63) is 146 Å². The zero-order valence-corrected chi connectivity index (χ0v) is 42.0. The fourth-order valence-electron chi connectivity index (χ4n) is 6.80. The van der Waals surface area contributed by atoms with Gasteiger partial charge >= 0.3 is 5.97 Å². The van der Waals surface area contributed by atoms with E-state index in [-0.39, 0.29) is 25.6 Å². The van der Waals surface area contributed by atoms with Gasteiger partial charge in [-0.2, -0.15) is 0 Å². The van der Waals surface area contributed by atoms with Crippen LogP contribution in [0.5, 0.6) is 0 Å². The molecule has 0 bridgehead atoms. The minimum Gasteiger partial charge on any atom is -0.457 e. The fourth-order valence-corrected chi connectivity index (χ4v) is 6.80. The van der Waals surface area contributed by atoms with Crippen LogP contribution in [0.15, 0.2) is 146 Å². The summed E-state index contributed by atoms with van der Waals surface area (Å²) in [6, 6.07) is 0. The summed E-state index contributed by atoms with van der Waals surface area (Å²) in [5.41, 5.74) is 0. The fraction of sp³-hybridized carbons (Fsp3) is 0.576. The van der Waals surface area contributed by atoms with Gasteiger partial charge in [-0.25, -0.2) is 0 Å². The molecule has 0 aromatic rings. The third-order valence-electron chi connectivity index (χ3n) is 10.8. The molecule has 1 rings (SSSR count). The smallest absolute Gasteiger partial charge is 0.306 e. The molecule has 1 fully saturated rings. The molecule has 0 saturated carbocycles. The summed E-state index contributed by atoms with van der Waals surface area (Å²) in [4.78, 5) is 12.8. The lowest BCUT2D eigenvalue weighted by molar-refractivity contribution is -0.305. The largest absolute Gasteiger partial charge is 0.457 e. The number of esters is 1. The summed E-state index contributed by atoms with van der Waals surface area (Å²) in [5.74, 6) is -0.383. The molecule has 0 aliphatic carbocycles. The number of unbranched alkanes of at least 4 members (excludes halogenated alkanes) is 7. The minimum atomic E-state index is -1.56. The van der Waals surface area contributed by atoms with Crippen molar-refractivity contribution in [3.63, 3.8) is 0 Å². The van der Waals surface area contributed by atoms with E-state index in [1.165, 1.54) is 19.3 Å². The van der Waals surface area contributed by atoms with Gasteiger partial charge in [0.05, 0.1) is 19.8 Å². The van der Waals surface area contributed by atoms with Gasteiger partial charge in [0, 0.05) is 13.0 Å². The monoisotopic (exact) mass is 945 g/mol. The highest BCUT2D eigenvalue weighted by Gasteiger charge is 2.44. The molecule has 382 valence electrons. The number of ether oxygens (including phenoxy) is 4. The van der Waals surface area contributed by atoms with E-state index in [1.54, 1.807) is 0 Å². The number of hydrogen-bond donors (Lipinski definition) is 4. The summed E-state index contributed by atoms with van der Waals surface area (Å²) in [6.07, 6.45) is 65.9. The Kier molecular flexibility index (Phi) is 43.9. The summed E-state index contributed by atoms with van der Waals surface area (Å²) >= 11 is 0. The van der Waals surface area contributed by atoms with Crippen LogP contribution in [0.2, 0.25) is 0 Å². The quantitative estimate of drug-likeness (QED) is 0.0268. The molecule has 1 heterocycles. The molecule has 0 aromatic carbocycles. The molecule has 9 nitrogen and oxygen atoms in total. The van der Waals surface area contributed by atoms with Gasteiger partial charge in [-0.3, -0.25) is 4.79 Å². The van der Waals surface area contributed by atoms with Crippen molar-refractivity contribution in [2.45, 2.75) is 192 Å². The van der Waals surface area contributed by atoms with Gasteiger partial charge in [0.1, 0.15) is 30.5 Å². The van der Waals surface area contributed by atoms with E-state index >= 15 is 0 Å². The number of carbonyl (C=O) groups excluding carboxylic acids is 1. The van der Waals surface area contributed by atoms with Crippen LogP contribution in [-0.2, 0) is 23.7 Å². The molecule has 0 radical (unpaired) electrons. The first-order chi connectivity index (χ1) is 33.4. The van der Waals surface area contributed by atoms with Gasteiger partial charge < -0.3 is 39.4 Å². The molecule has 1 aliphatic heterocycles. The number of allylic oxidation sites excluding steroid dienone is 24. The summed E-state index contributed by atoms with van der Waals surface area (Å²) in [7, 11) is 0. The molecule has 9 heteroatoms. The summed E-state index contributed by atoms with van der Waals surface area (Å²) in [6.45, 7) is 4.19. The van der Waals surface area contributed by atoms with Gasteiger partial charge in [-0.05, 0) is 109 Å². The third-order valence-corrected chi connectivity index (χ3v) is 10.8. The Morgan fingerprint density at radius 2 is 0.853 bits per heavy atom. The van der Waals surface area contributed by atoms with Crippen LogP contribution in [-0.4, -0.2) is 89.6 Å². The van der Waals surface area contributed by atoms with Crippen LogP contribution < -0.4 is 0 Å². The Bertz CT molecular complexity index is 1540. The van der Waals surface area contributed by atoms with Crippen molar-refractivity contribution in [3.8, 4) is 0 Å². The van der Waals surface area contributed by atoms with E-state index < -0.39 is 43.4 Å². The Balaban J connectivity index is 2.30.